The largest absolute Gasteiger partial charge is 0.314 e. The zero-order valence-electron chi connectivity index (χ0n) is 9.80. The van der Waals surface area contributed by atoms with Crippen molar-refractivity contribution in [1.29, 1.82) is 0 Å². The van der Waals surface area contributed by atoms with Gasteiger partial charge in [-0.1, -0.05) is 40.9 Å². The lowest BCUT2D eigenvalue weighted by molar-refractivity contribution is 0.203. The first-order valence-corrected chi connectivity index (χ1v) is 6.85. The number of hydrogen-bond acceptors (Lipinski definition) is 3. The van der Waals surface area contributed by atoms with E-state index < -0.39 is 0 Å². The molecule has 0 spiro atoms. The van der Waals surface area contributed by atoms with Crippen molar-refractivity contribution in [2.24, 2.45) is 0 Å². The highest BCUT2D eigenvalue weighted by atomic mass is 35.5. The van der Waals surface area contributed by atoms with Crippen LogP contribution in [0.25, 0.3) is 0 Å². The Morgan fingerprint density at radius 1 is 1.33 bits per heavy atom. The second-order valence-corrected chi connectivity index (χ2v) is 5.23. The minimum absolute atomic E-state index is 0.0346. The Bertz CT molecular complexity index is 444. The highest BCUT2D eigenvalue weighted by Gasteiger charge is 2.25. The Morgan fingerprint density at radius 3 is 2.61 bits per heavy atom. The molecule has 2 heterocycles. The fraction of sp³-hybridized carbons (Fsp3) is 0.417. The molecule has 1 aliphatic rings. The zero-order chi connectivity index (χ0) is 13.1. The molecule has 98 valence electrons. The van der Waals surface area contributed by atoms with E-state index in [1.807, 2.05) is 6.08 Å². The Balaban J connectivity index is 2.37. The van der Waals surface area contributed by atoms with E-state index in [4.69, 9.17) is 34.8 Å². The first-order valence-electron chi connectivity index (χ1n) is 5.72. The summed E-state index contributed by atoms with van der Waals surface area (Å²) in [6.45, 7) is 7.61. The van der Waals surface area contributed by atoms with E-state index >= 15 is 0 Å². The molecule has 1 saturated heterocycles. The standard InChI is InChI=1S/C12H14Cl3N3/c1-2-9(18-5-3-16-4-6-18)10-8(13)7-17-12(15)11(10)14/h2,7,9,16H,1,3-6H2/t9-/m0/s1. The number of nitrogens with one attached hydrogen (secondary N) is 1. The predicted octanol–water partition coefficient (Wildman–Crippen LogP) is 3.17. The van der Waals surface area contributed by atoms with E-state index in [-0.39, 0.29) is 11.2 Å². The van der Waals surface area contributed by atoms with Gasteiger partial charge in [-0.05, 0) is 0 Å². The lowest BCUT2D eigenvalue weighted by Gasteiger charge is -2.34. The Labute approximate surface area is 122 Å². The van der Waals surface area contributed by atoms with Gasteiger partial charge < -0.3 is 5.32 Å². The Morgan fingerprint density at radius 2 is 2.00 bits per heavy atom. The number of halogens is 3. The van der Waals surface area contributed by atoms with Crippen LogP contribution >= 0.6 is 34.8 Å². The fourth-order valence-electron chi connectivity index (χ4n) is 2.14. The minimum Gasteiger partial charge on any atom is -0.314 e. The van der Waals surface area contributed by atoms with Crippen molar-refractivity contribution in [3.05, 3.63) is 39.6 Å². The summed E-state index contributed by atoms with van der Waals surface area (Å²) in [5.74, 6) is 0. The average Bonchev–Trinajstić information content (AvgIpc) is 2.40. The Hall–Kier alpha value is -0.320. The summed E-state index contributed by atoms with van der Waals surface area (Å²) in [5, 5.41) is 4.51. The molecular weight excluding hydrogens is 293 g/mol. The van der Waals surface area contributed by atoms with Crippen molar-refractivity contribution in [2.45, 2.75) is 6.04 Å². The van der Waals surface area contributed by atoms with Crippen molar-refractivity contribution in [2.75, 3.05) is 26.2 Å². The van der Waals surface area contributed by atoms with E-state index in [1.165, 1.54) is 6.20 Å². The van der Waals surface area contributed by atoms with Crippen LogP contribution < -0.4 is 5.32 Å². The van der Waals surface area contributed by atoms with Crippen molar-refractivity contribution in [3.8, 4) is 0 Å². The van der Waals surface area contributed by atoms with Crippen molar-refractivity contribution >= 4 is 34.8 Å². The van der Waals surface area contributed by atoms with Gasteiger partial charge in [0.25, 0.3) is 0 Å². The molecule has 0 radical (unpaired) electrons. The molecule has 6 heteroatoms. The molecule has 18 heavy (non-hydrogen) atoms. The number of aromatic nitrogens is 1. The van der Waals surface area contributed by atoms with E-state index in [1.54, 1.807) is 0 Å². The molecule has 1 aliphatic heterocycles. The van der Waals surface area contributed by atoms with Gasteiger partial charge in [-0.15, -0.1) is 6.58 Å². The first-order chi connectivity index (χ1) is 8.65. The van der Waals surface area contributed by atoms with Crippen LogP contribution in [0.15, 0.2) is 18.9 Å². The van der Waals surface area contributed by atoms with Crippen LogP contribution in [0, 0.1) is 0 Å². The normalized spacial score (nSPS) is 18.6. The first kappa shape index (κ1) is 14.1. The van der Waals surface area contributed by atoms with E-state index in [0.29, 0.717) is 10.0 Å². The van der Waals surface area contributed by atoms with Gasteiger partial charge in [0.15, 0.2) is 0 Å². The summed E-state index contributed by atoms with van der Waals surface area (Å²) in [5.41, 5.74) is 0.787. The number of hydrogen-bond donors (Lipinski definition) is 1. The van der Waals surface area contributed by atoms with Gasteiger partial charge in [0.1, 0.15) is 5.15 Å². The second-order valence-electron chi connectivity index (χ2n) is 4.09. The lowest BCUT2D eigenvalue weighted by atomic mass is 10.1. The van der Waals surface area contributed by atoms with Crippen LogP contribution in [0.5, 0.6) is 0 Å². The summed E-state index contributed by atoms with van der Waals surface area (Å²) < 4.78 is 0. The van der Waals surface area contributed by atoms with Crippen LogP contribution in [0.3, 0.4) is 0 Å². The molecule has 0 saturated carbocycles. The topological polar surface area (TPSA) is 28.2 Å². The molecule has 0 unspecified atom stereocenters. The molecule has 1 atom stereocenters. The summed E-state index contributed by atoms with van der Waals surface area (Å²) in [6.07, 6.45) is 3.37. The fourth-order valence-corrected chi connectivity index (χ4v) is 2.85. The third-order valence-electron chi connectivity index (χ3n) is 3.03. The number of piperazine rings is 1. The van der Waals surface area contributed by atoms with Crippen LogP contribution in [0.4, 0.5) is 0 Å². The van der Waals surface area contributed by atoms with E-state index in [9.17, 15) is 0 Å². The third kappa shape index (κ3) is 2.81. The number of pyridine rings is 1. The predicted molar refractivity (Wildman–Crippen MR) is 76.6 cm³/mol. The van der Waals surface area contributed by atoms with E-state index in [2.05, 4.69) is 21.8 Å². The Kier molecular flexibility index (Phi) is 4.87. The quantitative estimate of drug-likeness (QED) is 0.687. The second kappa shape index (κ2) is 6.22. The summed E-state index contributed by atoms with van der Waals surface area (Å²) >= 11 is 18.4. The summed E-state index contributed by atoms with van der Waals surface area (Å²) in [7, 11) is 0. The van der Waals surface area contributed by atoms with Crippen molar-refractivity contribution in [3.63, 3.8) is 0 Å². The smallest absolute Gasteiger partial charge is 0.148 e. The van der Waals surface area contributed by atoms with Gasteiger partial charge in [-0.3, -0.25) is 4.90 Å². The van der Waals surface area contributed by atoms with Crippen molar-refractivity contribution in [1.82, 2.24) is 15.2 Å². The molecule has 3 nitrogen and oxygen atoms in total. The summed E-state index contributed by atoms with van der Waals surface area (Å²) in [6, 6.07) is -0.0346. The van der Waals surface area contributed by atoms with Crippen LogP contribution in [0.2, 0.25) is 15.2 Å². The summed E-state index contributed by atoms with van der Waals surface area (Å²) in [4.78, 5) is 6.21. The average molecular weight is 307 g/mol. The maximum Gasteiger partial charge on any atom is 0.148 e. The monoisotopic (exact) mass is 305 g/mol. The molecule has 0 aromatic carbocycles. The van der Waals surface area contributed by atoms with Gasteiger partial charge in [0.2, 0.25) is 0 Å². The van der Waals surface area contributed by atoms with Crippen LogP contribution in [-0.4, -0.2) is 36.1 Å². The van der Waals surface area contributed by atoms with Gasteiger partial charge >= 0.3 is 0 Å². The zero-order valence-corrected chi connectivity index (χ0v) is 12.1. The molecule has 1 aromatic rings. The van der Waals surface area contributed by atoms with Gasteiger partial charge in [-0.25, -0.2) is 4.98 Å². The van der Waals surface area contributed by atoms with Gasteiger partial charge in [-0.2, -0.15) is 0 Å². The van der Waals surface area contributed by atoms with E-state index in [0.717, 1.165) is 31.7 Å². The van der Waals surface area contributed by atoms with Crippen LogP contribution in [0.1, 0.15) is 11.6 Å². The maximum atomic E-state index is 6.22. The molecular formula is C12H14Cl3N3. The number of rotatable bonds is 3. The molecule has 1 aromatic heterocycles. The third-order valence-corrected chi connectivity index (χ3v) is 4.10. The molecule has 2 rings (SSSR count). The number of nitrogens with zero attached hydrogens (tertiary/aromatic N) is 2. The van der Waals surface area contributed by atoms with Gasteiger partial charge in [0.05, 0.1) is 16.1 Å². The highest BCUT2D eigenvalue weighted by molar-refractivity contribution is 6.43. The van der Waals surface area contributed by atoms with Crippen LogP contribution in [-0.2, 0) is 0 Å². The minimum atomic E-state index is -0.0346. The molecule has 0 bridgehead atoms. The SMILES string of the molecule is C=C[C@@H](c1c(Cl)cnc(Cl)c1Cl)N1CCNCC1. The molecule has 1 fully saturated rings. The lowest BCUT2D eigenvalue weighted by Crippen LogP contribution is -2.44. The molecule has 0 aliphatic carbocycles. The van der Waals surface area contributed by atoms with Gasteiger partial charge in [0, 0.05) is 37.9 Å². The molecule has 1 N–H and O–H groups in total. The molecule has 0 amide bonds. The van der Waals surface area contributed by atoms with Crippen molar-refractivity contribution < 1.29 is 0 Å². The highest BCUT2D eigenvalue weighted by Crippen LogP contribution is 2.37. The maximum absolute atomic E-state index is 6.22.